The van der Waals surface area contributed by atoms with Crippen LogP contribution in [-0.2, 0) is 16.0 Å². The van der Waals surface area contributed by atoms with Crippen LogP contribution in [-0.4, -0.2) is 29.6 Å². The number of aliphatic hydroxyl groups excluding tert-OH is 1. The summed E-state index contributed by atoms with van der Waals surface area (Å²) in [5.41, 5.74) is 1.00. The summed E-state index contributed by atoms with van der Waals surface area (Å²) in [4.78, 5) is 21.0. The van der Waals surface area contributed by atoms with Crippen LogP contribution in [0.2, 0.25) is 0 Å². The summed E-state index contributed by atoms with van der Waals surface area (Å²) in [5.74, 6) is -0.858. The van der Waals surface area contributed by atoms with Gasteiger partial charge >= 0.3 is 5.97 Å². The zero-order valence-corrected chi connectivity index (χ0v) is 9.42. The number of methoxy groups -OCH3 is 1. The van der Waals surface area contributed by atoms with E-state index in [0.29, 0.717) is 18.6 Å². The van der Waals surface area contributed by atoms with Gasteiger partial charge in [0.1, 0.15) is 12.0 Å². The molecule has 0 heterocycles. The topological polar surface area (TPSA) is 83.8 Å². The highest BCUT2D eigenvalue weighted by Gasteiger charge is 2.17. The van der Waals surface area contributed by atoms with Gasteiger partial charge in [-0.1, -0.05) is 6.07 Å². The van der Waals surface area contributed by atoms with Crippen LogP contribution in [0.4, 0.5) is 0 Å². The Bertz CT molecular complexity index is 413. The van der Waals surface area contributed by atoms with Gasteiger partial charge in [0.25, 0.3) is 0 Å². The fourth-order valence-corrected chi connectivity index (χ4v) is 1.47. The average molecular weight is 238 g/mol. The summed E-state index contributed by atoms with van der Waals surface area (Å²) < 4.78 is 5.01. The maximum Gasteiger partial charge on any atom is 0.337 e. The zero-order valence-electron chi connectivity index (χ0n) is 9.42. The lowest BCUT2D eigenvalue weighted by atomic mass is 10.0. The molecule has 5 heteroatoms. The Labute approximate surface area is 98.6 Å². The minimum Gasteiger partial charge on any atom is -0.497 e. The monoisotopic (exact) mass is 238 g/mol. The predicted molar refractivity (Wildman–Crippen MR) is 60.0 cm³/mol. The molecule has 2 N–H and O–H groups in total. The van der Waals surface area contributed by atoms with E-state index in [4.69, 9.17) is 9.84 Å². The van der Waals surface area contributed by atoms with Crippen molar-refractivity contribution in [3.05, 3.63) is 29.3 Å². The van der Waals surface area contributed by atoms with Crippen molar-refractivity contribution in [2.24, 2.45) is 0 Å². The first-order valence-electron chi connectivity index (χ1n) is 5.11. The van der Waals surface area contributed by atoms with Crippen LogP contribution in [0.15, 0.2) is 18.2 Å². The molecule has 0 amide bonds. The van der Waals surface area contributed by atoms with Gasteiger partial charge in [-0.05, 0) is 29.7 Å². The number of aliphatic hydroxyl groups is 1. The van der Waals surface area contributed by atoms with Crippen molar-refractivity contribution in [1.29, 1.82) is 0 Å². The number of carbonyl (C=O) groups excluding carboxylic acids is 1. The summed E-state index contributed by atoms with van der Waals surface area (Å²) in [5, 5.41) is 18.2. The molecule has 1 unspecified atom stereocenters. The summed E-state index contributed by atoms with van der Waals surface area (Å²) in [6.07, 6.45) is 0.0304. The van der Waals surface area contributed by atoms with Crippen LogP contribution in [0.3, 0.4) is 0 Å². The molecule has 1 aromatic rings. The van der Waals surface area contributed by atoms with Crippen molar-refractivity contribution < 1.29 is 24.5 Å². The van der Waals surface area contributed by atoms with Crippen LogP contribution >= 0.6 is 0 Å². The second-order valence-corrected chi connectivity index (χ2v) is 3.56. The third kappa shape index (κ3) is 3.57. The standard InChI is InChI=1S/C12H14O5/c1-17-10-6-8(3-2-4-13)5-9(7-10)11(14)12(15)16/h4-7,11,14H,2-3H2,1H3,(H,15,16). The zero-order chi connectivity index (χ0) is 12.8. The second-order valence-electron chi connectivity index (χ2n) is 3.56. The Morgan fingerprint density at radius 2 is 2.18 bits per heavy atom. The quantitative estimate of drug-likeness (QED) is 0.721. The maximum atomic E-state index is 10.7. The highest BCUT2D eigenvalue weighted by Crippen LogP contribution is 2.23. The first kappa shape index (κ1) is 13.2. The highest BCUT2D eigenvalue weighted by molar-refractivity contribution is 5.74. The molecule has 0 fully saturated rings. The molecule has 1 atom stereocenters. The van der Waals surface area contributed by atoms with Gasteiger partial charge in [-0.25, -0.2) is 4.79 Å². The van der Waals surface area contributed by atoms with Crippen molar-refractivity contribution in [3.8, 4) is 5.75 Å². The van der Waals surface area contributed by atoms with E-state index in [9.17, 15) is 14.7 Å². The van der Waals surface area contributed by atoms with E-state index in [1.54, 1.807) is 12.1 Å². The normalized spacial score (nSPS) is 11.9. The number of carboxylic acid groups (broad SMARTS) is 1. The second kappa shape index (κ2) is 6.00. The van der Waals surface area contributed by atoms with E-state index in [-0.39, 0.29) is 5.56 Å². The lowest BCUT2D eigenvalue weighted by Gasteiger charge is -2.10. The highest BCUT2D eigenvalue weighted by atomic mass is 16.5. The van der Waals surface area contributed by atoms with Gasteiger partial charge in [0.2, 0.25) is 0 Å². The number of benzene rings is 1. The number of hydrogen-bond donors (Lipinski definition) is 2. The SMILES string of the molecule is COc1cc(CCC=O)cc(C(O)C(=O)O)c1. The molecular formula is C12H14O5. The summed E-state index contributed by atoms with van der Waals surface area (Å²) >= 11 is 0. The molecule has 1 rings (SSSR count). The lowest BCUT2D eigenvalue weighted by Crippen LogP contribution is -2.11. The van der Waals surface area contributed by atoms with E-state index in [2.05, 4.69) is 0 Å². The first-order valence-corrected chi connectivity index (χ1v) is 5.11. The summed E-state index contributed by atoms with van der Waals surface area (Å²) in [7, 11) is 1.45. The molecule has 0 aromatic heterocycles. The Hall–Kier alpha value is -1.88. The molecule has 0 aliphatic heterocycles. The molecule has 5 nitrogen and oxygen atoms in total. The van der Waals surface area contributed by atoms with Crippen LogP contribution < -0.4 is 4.74 Å². The van der Waals surface area contributed by atoms with E-state index >= 15 is 0 Å². The number of aldehydes is 1. The van der Waals surface area contributed by atoms with Gasteiger partial charge in [0.15, 0.2) is 6.10 Å². The van der Waals surface area contributed by atoms with Gasteiger partial charge in [-0.3, -0.25) is 0 Å². The molecule has 1 aromatic carbocycles. The van der Waals surface area contributed by atoms with Crippen LogP contribution in [0.1, 0.15) is 23.7 Å². The minimum atomic E-state index is -1.58. The molecule has 17 heavy (non-hydrogen) atoms. The number of carboxylic acids is 1. The van der Waals surface area contributed by atoms with Gasteiger partial charge in [0.05, 0.1) is 7.11 Å². The van der Waals surface area contributed by atoms with Gasteiger partial charge in [0, 0.05) is 6.42 Å². The molecule has 0 saturated carbocycles. The number of aliphatic carboxylic acids is 1. The molecule has 0 spiro atoms. The molecule has 0 radical (unpaired) electrons. The fraction of sp³-hybridized carbons (Fsp3) is 0.333. The largest absolute Gasteiger partial charge is 0.497 e. The van der Waals surface area contributed by atoms with E-state index < -0.39 is 12.1 Å². The van der Waals surface area contributed by atoms with Gasteiger partial charge < -0.3 is 19.7 Å². The van der Waals surface area contributed by atoms with Gasteiger partial charge in [-0.15, -0.1) is 0 Å². The Morgan fingerprint density at radius 3 is 2.71 bits per heavy atom. The van der Waals surface area contributed by atoms with Crippen LogP contribution in [0.25, 0.3) is 0 Å². The number of ether oxygens (including phenoxy) is 1. The van der Waals surface area contributed by atoms with E-state index in [1.165, 1.54) is 13.2 Å². The average Bonchev–Trinajstić information content (AvgIpc) is 2.34. The van der Waals surface area contributed by atoms with Crippen LogP contribution in [0.5, 0.6) is 5.75 Å². The number of carbonyl (C=O) groups is 2. The first-order chi connectivity index (χ1) is 8.08. The van der Waals surface area contributed by atoms with E-state index in [0.717, 1.165) is 11.8 Å². The lowest BCUT2D eigenvalue weighted by molar-refractivity contribution is -0.146. The summed E-state index contributed by atoms with van der Waals surface area (Å²) in [6.45, 7) is 0. The molecule has 0 aliphatic carbocycles. The molecule has 0 aliphatic rings. The molecule has 0 bridgehead atoms. The minimum absolute atomic E-state index is 0.248. The van der Waals surface area contributed by atoms with Crippen molar-refractivity contribution in [3.63, 3.8) is 0 Å². The van der Waals surface area contributed by atoms with Crippen molar-refractivity contribution in [2.75, 3.05) is 7.11 Å². The number of hydrogen-bond acceptors (Lipinski definition) is 4. The van der Waals surface area contributed by atoms with E-state index in [1.807, 2.05) is 0 Å². The van der Waals surface area contributed by atoms with Gasteiger partial charge in [-0.2, -0.15) is 0 Å². The maximum absolute atomic E-state index is 10.7. The Balaban J connectivity index is 3.04. The van der Waals surface area contributed by atoms with Crippen molar-refractivity contribution >= 4 is 12.3 Å². The predicted octanol–water partition coefficient (Wildman–Crippen LogP) is 0.945. The van der Waals surface area contributed by atoms with Crippen LogP contribution in [0, 0.1) is 0 Å². The van der Waals surface area contributed by atoms with Crippen molar-refractivity contribution in [1.82, 2.24) is 0 Å². The molecule has 0 saturated heterocycles. The third-order valence-electron chi connectivity index (χ3n) is 2.32. The molecular weight excluding hydrogens is 224 g/mol. The Kier molecular flexibility index (Phi) is 4.66. The number of rotatable bonds is 6. The third-order valence-corrected chi connectivity index (χ3v) is 2.32. The fourth-order valence-electron chi connectivity index (χ4n) is 1.47. The van der Waals surface area contributed by atoms with Crippen molar-refractivity contribution in [2.45, 2.75) is 18.9 Å². The Morgan fingerprint density at radius 1 is 1.47 bits per heavy atom. The summed E-state index contributed by atoms with van der Waals surface area (Å²) in [6, 6.07) is 4.73. The molecule has 92 valence electrons. The number of aryl methyl sites for hydroxylation is 1. The smallest absolute Gasteiger partial charge is 0.337 e.